The summed E-state index contributed by atoms with van der Waals surface area (Å²) in [6.07, 6.45) is 2.63. The van der Waals surface area contributed by atoms with Gasteiger partial charge in [0.25, 0.3) is 0 Å². The van der Waals surface area contributed by atoms with Gasteiger partial charge in [-0.1, -0.05) is 53.7 Å². The zero-order valence-corrected chi connectivity index (χ0v) is 11.3. The van der Waals surface area contributed by atoms with Crippen LogP contribution in [-0.2, 0) is 13.5 Å². The fraction of sp³-hybridized carbons (Fsp3) is 0.118. The summed E-state index contributed by atoms with van der Waals surface area (Å²) >= 11 is 0. The minimum Gasteiger partial charge on any atom is -0.411 e. The highest BCUT2D eigenvalue weighted by atomic mass is 16.4. The van der Waals surface area contributed by atoms with Crippen LogP contribution in [0.25, 0.3) is 10.9 Å². The van der Waals surface area contributed by atoms with Gasteiger partial charge in [0.2, 0.25) is 0 Å². The molecule has 0 bridgehead atoms. The molecule has 0 fully saturated rings. The maximum Gasteiger partial charge on any atom is 0.0932 e. The van der Waals surface area contributed by atoms with E-state index in [-0.39, 0.29) is 0 Å². The van der Waals surface area contributed by atoms with Crippen molar-refractivity contribution in [2.45, 2.75) is 6.42 Å². The van der Waals surface area contributed by atoms with E-state index in [1.165, 1.54) is 0 Å². The van der Waals surface area contributed by atoms with E-state index < -0.39 is 0 Å². The summed E-state index contributed by atoms with van der Waals surface area (Å²) in [5.74, 6) is 0. The fourth-order valence-corrected chi connectivity index (χ4v) is 2.55. The molecule has 3 nitrogen and oxygen atoms in total. The molecule has 3 aromatic rings. The Morgan fingerprint density at radius 3 is 2.50 bits per heavy atom. The maximum atomic E-state index is 9.39. The highest BCUT2D eigenvalue weighted by Gasteiger charge is 2.12. The lowest BCUT2D eigenvalue weighted by atomic mass is 10.0. The molecule has 0 unspecified atom stereocenters. The van der Waals surface area contributed by atoms with Gasteiger partial charge in [-0.15, -0.1) is 0 Å². The van der Waals surface area contributed by atoms with Gasteiger partial charge >= 0.3 is 0 Å². The topological polar surface area (TPSA) is 37.5 Å². The van der Waals surface area contributed by atoms with Crippen LogP contribution in [-0.4, -0.2) is 15.5 Å². The molecule has 1 aromatic heterocycles. The third-order valence-corrected chi connectivity index (χ3v) is 3.54. The van der Waals surface area contributed by atoms with E-state index >= 15 is 0 Å². The Morgan fingerprint density at radius 2 is 1.75 bits per heavy atom. The van der Waals surface area contributed by atoms with Crippen LogP contribution < -0.4 is 0 Å². The third-order valence-electron chi connectivity index (χ3n) is 3.54. The van der Waals surface area contributed by atoms with Crippen molar-refractivity contribution in [3.8, 4) is 0 Å². The first-order valence-corrected chi connectivity index (χ1v) is 6.59. The van der Waals surface area contributed by atoms with Crippen molar-refractivity contribution in [1.82, 2.24) is 4.57 Å². The summed E-state index contributed by atoms with van der Waals surface area (Å²) in [7, 11) is 2.00. The summed E-state index contributed by atoms with van der Waals surface area (Å²) < 4.78 is 2.06. The van der Waals surface area contributed by atoms with Crippen LogP contribution >= 0.6 is 0 Å². The number of hydrogen-bond acceptors (Lipinski definition) is 2. The number of nitrogens with zero attached hydrogens (tertiary/aromatic N) is 2. The average Bonchev–Trinajstić information content (AvgIpc) is 2.84. The van der Waals surface area contributed by atoms with Gasteiger partial charge in [-0.25, -0.2) is 0 Å². The molecule has 0 saturated heterocycles. The molecule has 1 N–H and O–H groups in total. The fourth-order valence-electron chi connectivity index (χ4n) is 2.55. The lowest BCUT2D eigenvalue weighted by molar-refractivity contribution is 0.318. The van der Waals surface area contributed by atoms with E-state index in [1.54, 1.807) is 0 Å². The molecule has 20 heavy (non-hydrogen) atoms. The number of para-hydroxylation sites is 1. The molecule has 3 heteroatoms. The first-order chi connectivity index (χ1) is 9.79. The van der Waals surface area contributed by atoms with E-state index in [1.807, 2.05) is 55.7 Å². The Hall–Kier alpha value is -2.55. The van der Waals surface area contributed by atoms with Gasteiger partial charge in [-0.3, -0.25) is 0 Å². The molecule has 1 heterocycles. The molecule has 0 amide bonds. The van der Waals surface area contributed by atoms with Gasteiger partial charge in [0.05, 0.1) is 5.71 Å². The van der Waals surface area contributed by atoms with Crippen LogP contribution in [0.5, 0.6) is 0 Å². The van der Waals surface area contributed by atoms with Crippen LogP contribution in [0, 0.1) is 0 Å². The van der Waals surface area contributed by atoms with Crippen molar-refractivity contribution >= 4 is 16.6 Å². The van der Waals surface area contributed by atoms with E-state index in [0.29, 0.717) is 12.1 Å². The smallest absolute Gasteiger partial charge is 0.0932 e. The molecule has 0 radical (unpaired) electrons. The van der Waals surface area contributed by atoms with Gasteiger partial charge in [-0.05, 0) is 11.6 Å². The van der Waals surface area contributed by atoms with E-state index in [4.69, 9.17) is 0 Å². The molecule has 0 aliphatic heterocycles. The molecule has 100 valence electrons. The minimum atomic E-state index is 0.616. The predicted molar refractivity (Wildman–Crippen MR) is 81.4 cm³/mol. The largest absolute Gasteiger partial charge is 0.411 e. The number of fused-ring (bicyclic) bond motifs is 1. The Kier molecular flexibility index (Phi) is 3.25. The minimum absolute atomic E-state index is 0.616. The van der Waals surface area contributed by atoms with Crippen molar-refractivity contribution in [2.75, 3.05) is 0 Å². The van der Waals surface area contributed by atoms with Gasteiger partial charge in [0.15, 0.2) is 0 Å². The van der Waals surface area contributed by atoms with Crippen molar-refractivity contribution in [1.29, 1.82) is 0 Å². The van der Waals surface area contributed by atoms with Crippen LogP contribution in [0.15, 0.2) is 65.9 Å². The highest BCUT2D eigenvalue weighted by Crippen LogP contribution is 2.22. The number of aromatic nitrogens is 1. The summed E-state index contributed by atoms with van der Waals surface area (Å²) in [5.41, 5.74) is 3.94. The SMILES string of the molecule is Cn1cc(/C(Cc2ccccc2)=N/O)c2ccccc21. The van der Waals surface area contributed by atoms with Gasteiger partial charge in [0.1, 0.15) is 0 Å². The lowest BCUT2D eigenvalue weighted by Crippen LogP contribution is -2.05. The molecular weight excluding hydrogens is 248 g/mol. The summed E-state index contributed by atoms with van der Waals surface area (Å²) in [6.45, 7) is 0. The molecule has 3 rings (SSSR count). The number of rotatable bonds is 3. The van der Waals surface area contributed by atoms with Crippen molar-refractivity contribution in [3.05, 3.63) is 71.9 Å². The normalized spacial score (nSPS) is 11.9. The summed E-state index contributed by atoms with van der Waals surface area (Å²) in [5, 5.41) is 14.0. The van der Waals surface area contributed by atoms with Crippen molar-refractivity contribution < 1.29 is 5.21 Å². The number of benzene rings is 2. The zero-order valence-electron chi connectivity index (χ0n) is 11.3. The van der Waals surface area contributed by atoms with Gasteiger partial charge in [-0.2, -0.15) is 0 Å². The number of aryl methyl sites for hydroxylation is 1. The first-order valence-electron chi connectivity index (χ1n) is 6.59. The monoisotopic (exact) mass is 264 g/mol. The number of oxime groups is 1. The van der Waals surface area contributed by atoms with Crippen LogP contribution in [0.3, 0.4) is 0 Å². The Bertz CT molecular complexity index is 757. The van der Waals surface area contributed by atoms with Gasteiger partial charge in [0, 0.05) is 36.1 Å². The standard InChI is InChI=1S/C17H16N2O/c1-19-12-15(14-9-5-6-10-17(14)19)16(18-20)11-13-7-3-2-4-8-13/h2-10,12,20H,11H2,1H3/b18-16+. The molecular formula is C17H16N2O. The quantitative estimate of drug-likeness (QED) is 0.438. The molecule has 2 aromatic carbocycles. The summed E-state index contributed by atoms with van der Waals surface area (Å²) in [6, 6.07) is 18.2. The highest BCUT2D eigenvalue weighted by molar-refractivity contribution is 6.11. The van der Waals surface area contributed by atoms with Crippen molar-refractivity contribution in [2.24, 2.45) is 12.2 Å². The van der Waals surface area contributed by atoms with Crippen LogP contribution in [0.2, 0.25) is 0 Å². The molecule has 0 spiro atoms. The second kappa shape index (κ2) is 5.21. The Balaban J connectivity index is 2.05. The molecule has 0 aliphatic rings. The second-order valence-corrected chi connectivity index (χ2v) is 4.88. The van der Waals surface area contributed by atoms with E-state index in [9.17, 15) is 5.21 Å². The van der Waals surface area contributed by atoms with Gasteiger partial charge < -0.3 is 9.77 Å². The molecule has 0 aliphatic carbocycles. The second-order valence-electron chi connectivity index (χ2n) is 4.88. The third kappa shape index (κ3) is 2.18. The van der Waals surface area contributed by atoms with Crippen LogP contribution in [0.1, 0.15) is 11.1 Å². The average molecular weight is 264 g/mol. The number of hydrogen-bond donors (Lipinski definition) is 1. The van der Waals surface area contributed by atoms with E-state index in [2.05, 4.69) is 21.9 Å². The van der Waals surface area contributed by atoms with Crippen molar-refractivity contribution in [3.63, 3.8) is 0 Å². The molecule has 0 saturated carbocycles. The Morgan fingerprint density at radius 1 is 1.05 bits per heavy atom. The lowest BCUT2D eigenvalue weighted by Gasteiger charge is -2.03. The zero-order chi connectivity index (χ0) is 13.9. The maximum absolute atomic E-state index is 9.39. The van der Waals surface area contributed by atoms with E-state index in [0.717, 1.165) is 22.0 Å². The summed E-state index contributed by atoms with van der Waals surface area (Å²) in [4.78, 5) is 0. The predicted octanol–water partition coefficient (Wildman–Crippen LogP) is 3.60. The Labute approximate surface area is 117 Å². The molecule has 0 atom stereocenters. The van der Waals surface area contributed by atoms with Crippen LogP contribution in [0.4, 0.5) is 0 Å². The first kappa shape index (κ1) is 12.5.